The molecule has 0 spiro atoms. The molecule has 1 amide bonds. The molecule has 2 rings (SSSR count). The van der Waals surface area contributed by atoms with Crippen molar-refractivity contribution in [3.8, 4) is 0 Å². The van der Waals surface area contributed by atoms with E-state index in [4.69, 9.17) is 4.42 Å². The summed E-state index contributed by atoms with van der Waals surface area (Å²) in [4.78, 5) is 16.0. The van der Waals surface area contributed by atoms with Crippen LogP contribution in [0.3, 0.4) is 0 Å². The first-order valence-corrected chi connectivity index (χ1v) is 6.62. The molecular formula is C14H22N2O2. The molecule has 1 aliphatic carbocycles. The molecule has 0 unspecified atom stereocenters. The van der Waals surface area contributed by atoms with Crippen molar-refractivity contribution in [1.29, 1.82) is 0 Å². The van der Waals surface area contributed by atoms with Gasteiger partial charge in [0.15, 0.2) is 5.89 Å². The number of hydrogen-bond donors (Lipinski definition) is 1. The van der Waals surface area contributed by atoms with Gasteiger partial charge in [-0.3, -0.25) is 4.79 Å². The Bertz CT molecular complexity index is 439. The highest BCUT2D eigenvalue weighted by molar-refractivity contribution is 5.76. The Kier molecular flexibility index (Phi) is 3.46. The lowest BCUT2D eigenvalue weighted by molar-refractivity contribution is -0.121. The van der Waals surface area contributed by atoms with Crippen LogP contribution in [0.4, 0.5) is 0 Å². The number of aryl methyl sites for hydroxylation is 2. The lowest BCUT2D eigenvalue weighted by atomic mass is 9.97. The van der Waals surface area contributed by atoms with Crippen molar-refractivity contribution in [2.24, 2.45) is 0 Å². The summed E-state index contributed by atoms with van der Waals surface area (Å²) >= 11 is 0. The van der Waals surface area contributed by atoms with Gasteiger partial charge in [-0.1, -0.05) is 20.8 Å². The molecule has 0 radical (unpaired) electrons. The maximum Gasteiger partial charge on any atom is 0.220 e. The molecule has 0 bridgehead atoms. The van der Waals surface area contributed by atoms with Gasteiger partial charge in [0, 0.05) is 24.3 Å². The van der Waals surface area contributed by atoms with Gasteiger partial charge in [0.25, 0.3) is 0 Å². The van der Waals surface area contributed by atoms with Gasteiger partial charge in [-0.05, 0) is 19.8 Å². The minimum absolute atomic E-state index is 0.0840. The number of aromatic nitrogens is 1. The lowest BCUT2D eigenvalue weighted by Crippen LogP contribution is -2.25. The second kappa shape index (κ2) is 4.75. The van der Waals surface area contributed by atoms with Crippen LogP contribution >= 0.6 is 0 Å². The molecule has 0 aromatic carbocycles. The molecule has 0 saturated heterocycles. The van der Waals surface area contributed by atoms with Crippen molar-refractivity contribution in [2.45, 2.75) is 64.8 Å². The van der Waals surface area contributed by atoms with Crippen LogP contribution in [0.15, 0.2) is 4.42 Å². The third-order valence-corrected chi connectivity index (χ3v) is 3.06. The minimum Gasteiger partial charge on any atom is -0.445 e. The van der Waals surface area contributed by atoms with Crippen molar-refractivity contribution in [1.82, 2.24) is 10.3 Å². The Hall–Kier alpha value is -1.32. The van der Waals surface area contributed by atoms with E-state index in [9.17, 15) is 4.79 Å². The van der Waals surface area contributed by atoms with Gasteiger partial charge in [0.1, 0.15) is 5.76 Å². The summed E-state index contributed by atoms with van der Waals surface area (Å²) in [5.74, 6) is 1.70. The van der Waals surface area contributed by atoms with E-state index in [-0.39, 0.29) is 11.3 Å². The second-order valence-corrected chi connectivity index (χ2v) is 6.12. The molecular weight excluding hydrogens is 228 g/mol. The summed E-state index contributed by atoms with van der Waals surface area (Å²) in [6.07, 6.45) is 3.37. The van der Waals surface area contributed by atoms with Crippen LogP contribution in [-0.2, 0) is 16.6 Å². The van der Waals surface area contributed by atoms with Crippen LogP contribution in [0.2, 0.25) is 0 Å². The summed E-state index contributed by atoms with van der Waals surface area (Å²) in [5.41, 5.74) is 0.818. The number of nitrogens with zero attached hydrogens (tertiary/aromatic N) is 1. The summed E-state index contributed by atoms with van der Waals surface area (Å²) in [6, 6.07) is 0.429. The number of nitrogens with one attached hydrogen (secondary N) is 1. The molecule has 1 fully saturated rings. The van der Waals surface area contributed by atoms with Gasteiger partial charge in [-0.2, -0.15) is 0 Å². The van der Waals surface area contributed by atoms with Crippen molar-refractivity contribution < 1.29 is 9.21 Å². The van der Waals surface area contributed by atoms with Crippen LogP contribution < -0.4 is 5.32 Å². The maximum atomic E-state index is 11.6. The fourth-order valence-corrected chi connectivity index (χ4v) is 1.74. The molecule has 18 heavy (non-hydrogen) atoms. The normalized spacial score (nSPS) is 15.8. The van der Waals surface area contributed by atoms with Gasteiger partial charge in [0.05, 0.1) is 5.69 Å². The molecule has 1 aromatic rings. The monoisotopic (exact) mass is 250 g/mol. The molecule has 4 nitrogen and oxygen atoms in total. The summed E-state index contributed by atoms with van der Waals surface area (Å²) in [5, 5.41) is 2.98. The van der Waals surface area contributed by atoms with E-state index in [1.165, 1.54) is 0 Å². The number of hydrogen-bond acceptors (Lipinski definition) is 3. The Balaban J connectivity index is 1.92. The Morgan fingerprint density at radius 1 is 1.44 bits per heavy atom. The Labute approximate surface area is 108 Å². The molecule has 1 N–H and O–H groups in total. The number of carbonyl (C=O) groups excluding carboxylic acids is 1. The average molecular weight is 250 g/mol. The zero-order valence-corrected chi connectivity index (χ0v) is 11.7. The van der Waals surface area contributed by atoms with Gasteiger partial charge in [0.2, 0.25) is 5.91 Å². The van der Waals surface area contributed by atoms with Gasteiger partial charge >= 0.3 is 0 Å². The first kappa shape index (κ1) is 13.1. The van der Waals surface area contributed by atoms with Crippen LogP contribution in [0, 0.1) is 6.92 Å². The largest absolute Gasteiger partial charge is 0.445 e. The lowest BCUT2D eigenvalue weighted by Gasteiger charge is -2.12. The Morgan fingerprint density at radius 2 is 2.11 bits per heavy atom. The fraction of sp³-hybridized carbons (Fsp3) is 0.714. The Morgan fingerprint density at radius 3 is 2.61 bits per heavy atom. The maximum absolute atomic E-state index is 11.6. The zero-order chi connectivity index (χ0) is 13.3. The molecule has 1 heterocycles. The molecule has 0 atom stereocenters. The minimum atomic E-state index is -0.0840. The van der Waals surface area contributed by atoms with E-state index in [2.05, 4.69) is 31.1 Å². The first-order valence-electron chi connectivity index (χ1n) is 6.62. The summed E-state index contributed by atoms with van der Waals surface area (Å²) < 4.78 is 5.76. The summed E-state index contributed by atoms with van der Waals surface area (Å²) in [6.45, 7) is 8.15. The van der Waals surface area contributed by atoms with Crippen molar-refractivity contribution in [3.05, 3.63) is 17.3 Å². The van der Waals surface area contributed by atoms with Gasteiger partial charge in [-0.25, -0.2) is 4.98 Å². The molecule has 0 aliphatic heterocycles. The molecule has 4 heteroatoms. The van der Waals surface area contributed by atoms with E-state index < -0.39 is 0 Å². The predicted molar refractivity (Wildman–Crippen MR) is 69.4 cm³/mol. The molecule has 1 aliphatic rings. The van der Waals surface area contributed by atoms with E-state index >= 15 is 0 Å². The first-order chi connectivity index (χ1) is 8.36. The van der Waals surface area contributed by atoms with Crippen molar-refractivity contribution in [3.63, 3.8) is 0 Å². The highest BCUT2D eigenvalue weighted by atomic mass is 16.4. The quantitative estimate of drug-likeness (QED) is 0.893. The zero-order valence-electron chi connectivity index (χ0n) is 11.7. The van der Waals surface area contributed by atoms with Crippen LogP contribution in [-0.4, -0.2) is 16.9 Å². The van der Waals surface area contributed by atoms with E-state index in [0.717, 1.165) is 30.2 Å². The van der Waals surface area contributed by atoms with Crippen molar-refractivity contribution >= 4 is 5.91 Å². The highest BCUT2D eigenvalue weighted by Gasteiger charge is 2.24. The highest BCUT2D eigenvalue weighted by Crippen LogP contribution is 2.24. The molecule has 1 saturated carbocycles. The number of carbonyl (C=O) groups is 1. The SMILES string of the molecule is Cc1nc(C(C)(C)C)oc1CCC(=O)NC1CC1. The van der Waals surface area contributed by atoms with Crippen molar-refractivity contribution in [2.75, 3.05) is 0 Å². The predicted octanol–water partition coefficient (Wildman–Crippen LogP) is 2.49. The average Bonchev–Trinajstić information content (AvgIpc) is 2.96. The van der Waals surface area contributed by atoms with Crippen LogP contribution in [0.5, 0.6) is 0 Å². The number of amides is 1. The topological polar surface area (TPSA) is 55.1 Å². The van der Waals surface area contributed by atoms with E-state index in [1.807, 2.05) is 6.92 Å². The molecule has 1 aromatic heterocycles. The van der Waals surface area contributed by atoms with E-state index in [0.29, 0.717) is 18.9 Å². The van der Waals surface area contributed by atoms with Crippen LogP contribution in [0.25, 0.3) is 0 Å². The van der Waals surface area contributed by atoms with Gasteiger partial charge in [-0.15, -0.1) is 0 Å². The summed E-state index contributed by atoms with van der Waals surface area (Å²) in [7, 11) is 0. The van der Waals surface area contributed by atoms with E-state index in [1.54, 1.807) is 0 Å². The molecule has 100 valence electrons. The number of rotatable bonds is 4. The third kappa shape index (κ3) is 3.34. The smallest absolute Gasteiger partial charge is 0.220 e. The standard InChI is InChI=1S/C14H22N2O2/c1-9-11(18-13(15-9)14(2,3)4)7-8-12(17)16-10-5-6-10/h10H,5-8H2,1-4H3,(H,16,17). The van der Waals surface area contributed by atoms with Gasteiger partial charge < -0.3 is 9.73 Å². The van der Waals surface area contributed by atoms with Crippen LogP contribution in [0.1, 0.15) is 57.4 Å². The number of oxazole rings is 1. The third-order valence-electron chi connectivity index (χ3n) is 3.06. The second-order valence-electron chi connectivity index (χ2n) is 6.12. The fourth-order valence-electron chi connectivity index (χ4n) is 1.74.